The number of nitrogens with two attached hydrogens (primary N) is 1. The summed E-state index contributed by atoms with van der Waals surface area (Å²) in [5, 5.41) is 13.1. The predicted octanol–water partition coefficient (Wildman–Crippen LogP) is 3.17. The van der Waals surface area contributed by atoms with Gasteiger partial charge in [-0.1, -0.05) is 6.07 Å². The van der Waals surface area contributed by atoms with E-state index in [0.29, 0.717) is 20.4 Å². The average Bonchev–Trinajstić information content (AvgIpc) is 2.93. The zero-order valence-electron chi connectivity index (χ0n) is 11.7. The molecule has 3 rings (SSSR count). The molecule has 1 unspecified atom stereocenters. The van der Waals surface area contributed by atoms with E-state index in [-0.39, 0.29) is 5.56 Å². The van der Waals surface area contributed by atoms with Crippen molar-refractivity contribution < 1.29 is 17.9 Å². The van der Waals surface area contributed by atoms with Gasteiger partial charge < -0.3 is 10.9 Å². The summed E-state index contributed by atoms with van der Waals surface area (Å²) < 4.78 is 40.8. The maximum atomic E-state index is 13.4. The van der Waals surface area contributed by atoms with Crippen molar-refractivity contribution in [1.82, 2.24) is 0 Å². The zero-order chi connectivity index (χ0) is 16.6. The molecule has 0 saturated heterocycles. The predicted molar refractivity (Wildman–Crippen MR) is 83.9 cm³/mol. The summed E-state index contributed by atoms with van der Waals surface area (Å²) in [7, 11) is -1.16. The molecule has 2 aromatic rings. The molecule has 0 aliphatic carbocycles. The lowest BCUT2D eigenvalue weighted by Crippen LogP contribution is -2.23. The molecule has 2 N–H and O–H groups in total. The Balaban J connectivity index is 2.12. The highest BCUT2D eigenvalue weighted by Crippen LogP contribution is 2.45. The first-order valence-electron chi connectivity index (χ1n) is 6.56. The highest BCUT2D eigenvalue weighted by Gasteiger charge is 2.34. The number of halogens is 3. The molecule has 1 atom stereocenters. The number of pyridine rings is 1. The summed E-state index contributed by atoms with van der Waals surface area (Å²) in [5.74, 6) is 0. The molecule has 1 aliphatic heterocycles. The van der Waals surface area contributed by atoms with Crippen molar-refractivity contribution >= 4 is 16.1 Å². The van der Waals surface area contributed by atoms with Crippen LogP contribution < -0.4 is 10.5 Å². The van der Waals surface area contributed by atoms with Crippen LogP contribution in [0, 0.1) is 5.21 Å². The van der Waals surface area contributed by atoms with Crippen LogP contribution in [0.15, 0.2) is 64.2 Å². The molecule has 120 valence electrons. The van der Waals surface area contributed by atoms with E-state index in [1.807, 2.05) is 0 Å². The Labute approximate surface area is 132 Å². The van der Waals surface area contributed by atoms with E-state index in [2.05, 4.69) is 4.99 Å². The molecule has 8 heteroatoms. The first-order chi connectivity index (χ1) is 10.9. The third-order valence-electron chi connectivity index (χ3n) is 3.37. The molecular formula is C15H12F3N3OS. The third kappa shape index (κ3) is 3.02. The van der Waals surface area contributed by atoms with E-state index >= 15 is 0 Å². The standard InChI is InChI=1S/C15H12F3N3OS/c16-15(17,18)13-9-11(23-8-5-20-14(23)19)1-2-12(13)10-3-6-21(22)7-4-10/h1-9,23H,(H2,19,20). The second kappa shape index (κ2) is 5.62. The Morgan fingerprint density at radius 2 is 1.83 bits per heavy atom. The number of aromatic nitrogens is 1. The molecule has 2 heterocycles. The van der Waals surface area contributed by atoms with Crippen molar-refractivity contribution in [3.8, 4) is 11.1 Å². The molecule has 1 aliphatic rings. The molecule has 1 aromatic heterocycles. The van der Waals surface area contributed by atoms with Crippen molar-refractivity contribution in [3.05, 3.63) is 65.1 Å². The number of amidine groups is 1. The number of hydrogen-bond donors (Lipinski definition) is 2. The van der Waals surface area contributed by atoms with Gasteiger partial charge in [-0.3, -0.25) is 0 Å². The summed E-state index contributed by atoms with van der Waals surface area (Å²) in [5.41, 5.74) is 5.33. The maximum Gasteiger partial charge on any atom is 0.417 e. The fourth-order valence-electron chi connectivity index (χ4n) is 2.29. The van der Waals surface area contributed by atoms with Gasteiger partial charge in [-0.05, 0) is 33.6 Å². The smallest absolute Gasteiger partial charge is 0.417 e. The Hall–Kier alpha value is -2.48. The van der Waals surface area contributed by atoms with Gasteiger partial charge in [-0.2, -0.15) is 17.9 Å². The van der Waals surface area contributed by atoms with Gasteiger partial charge in [0.05, 0.1) is 5.56 Å². The number of aliphatic imine (C=N–C) groups is 1. The second-order valence-electron chi connectivity index (χ2n) is 4.83. The number of rotatable bonds is 2. The Morgan fingerprint density at radius 3 is 2.39 bits per heavy atom. The van der Waals surface area contributed by atoms with Crippen molar-refractivity contribution in [2.24, 2.45) is 10.7 Å². The molecule has 0 fully saturated rings. The van der Waals surface area contributed by atoms with Crippen LogP contribution in [0.2, 0.25) is 0 Å². The minimum atomic E-state index is -4.51. The number of hydrogen-bond acceptors (Lipinski definition) is 3. The number of alkyl halides is 3. The van der Waals surface area contributed by atoms with Gasteiger partial charge in [0.2, 0.25) is 0 Å². The Morgan fingerprint density at radius 1 is 1.13 bits per heavy atom. The van der Waals surface area contributed by atoms with Gasteiger partial charge in [0.1, 0.15) is 5.17 Å². The molecule has 0 radical (unpaired) electrons. The first-order valence-corrected chi connectivity index (χ1v) is 7.97. The van der Waals surface area contributed by atoms with E-state index in [4.69, 9.17) is 5.73 Å². The lowest BCUT2D eigenvalue weighted by molar-refractivity contribution is -0.605. The van der Waals surface area contributed by atoms with Gasteiger partial charge in [-0.15, -0.1) is 10.9 Å². The van der Waals surface area contributed by atoms with Crippen LogP contribution in [0.5, 0.6) is 0 Å². The van der Waals surface area contributed by atoms with Crippen LogP contribution in [-0.2, 0) is 6.18 Å². The lowest BCUT2D eigenvalue weighted by atomic mass is 10.0. The second-order valence-corrected chi connectivity index (χ2v) is 6.84. The van der Waals surface area contributed by atoms with Crippen LogP contribution in [-0.4, -0.2) is 5.17 Å². The molecule has 0 bridgehead atoms. The number of benzene rings is 1. The fourth-order valence-corrected chi connectivity index (χ4v) is 3.78. The lowest BCUT2D eigenvalue weighted by Gasteiger charge is -2.18. The van der Waals surface area contributed by atoms with Crippen molar-refractivity contribution in [2.45, 2.75) is 11.1 Å². The largest absolute Gasteiger partial charge is 0.619 e. The van der Waals surface area contributed by atoms with Crippen LogP contribution in [0.1, 0.15) is 5.56 Å². The highest BCUT2D eigenvalue weighted by molar-refractivity contribution is 8.32. The van der Waals surface area contributed by atoms with E-state index in [0.717, 1.165) is 18.5 Å². The molecule has 1 aromatic carbocycles. The van der Waals surface area contributed by atoms with Gasteiger partial charge in [-0.25, -0.2) is 4.99 Å². The Kier molecular flexibility index (Phi) is 3.77. The van der Waals surface area contributed by atoms with Gasteiger partial charge in [0.15, 0.2) is 12.4 Å². The summed E-state index contributed by atoms with van der Waals surface area (Å²) in [4.78, 5) is 4.39. The summed E-state index contributed by atoms with van der Waals surface area (Å²) in [6.45, 7) is 0. The van der Waals surface area contributed by atoms with Crippen molar-refractivity contribution in [3.63, 3.8) is 0 Å². The average molecular weight is 339 g/mol. The highest BCUT2D eigenvalue weighted by atomic mass is 32.2. The van der Waals surface area contributed by atoms with Gasteiger partial charge >= 0.3 is 6.18 Å². The summed E-state index contributed by atoms with van der Waals surface area (Å²) in [6.07, 6.45) is -0.679. The van der Waals surface area contributed by atoms with Crippen molar-refractivity contribution in [2.75, 3.05) is 0 Å². The normalized spacial score (nSPS) is 18.9. The maximum absolute atomic E-state index is 13.4. The quantitative estimate of drug-likeness (QED) is 0.501. The van der Waals surface area contributed by atoms with Crippen LogP contribution in [0.4, 0.5) is 13.2 Å². The minimum absolute atomic E-state index is 0.0236. The van der Waals surface area contributed by atoms with Gasteiger partial charge in [0.25, 0.3) is 0 Å². The third-order valence-corrected chi connectivity index (χ3v) is 5.24. The van der Waals surface area contributed by atoms with Crippen LogP contribution in [0.25, 0.3) is 11.1 Å². The zero-order valence-corrected chi connectivity index (χ0v) is 12.6. The monoisotopic (exact) mass is 339 g/mol. The van der Waals surface area contributed by atoms with E-state index in [9.17, 15) is 18.4 Å². The van der Waals surface area contributed by atoms with E-state index < -0.39 is 22.6 Å². The van der Waals surface area contributed by atoms with Crippen LogP contribution in [0.3, 0.4) is 0 Å². The molecule has 23 heavy (non-hydrogen) atoms. The molecule has 0 saturated carbocycles. The van der Waals surface area contributed by atoms with E-state index in [1.165, 1.54) is 24.4 Å². The minimum Gasteiger partial charge on any atom is -0.619 e. The number of nitrogens with zero attached hydrogens (tertiary/aromatic N) is 2. The molecule has 0 spiro atoms. The summed E-state index contributed by atoms with van der Waals surface area (Å²) in [6, 6.07) is 6.84. The number of thiol groups is 1. The molecule has 0 amide bonds. The fraction of sp³-hybridized carbons (Fsp3) is 0.0667. The van der Waals surface area contributed by atoms with E-state index in [1.54, 1.807) is 11.5 Å². The summed E-state index contributed by atoms with van der Waals surface area (Å²) >= 11 is 0. The molecular weight excluding hydrogens is 327 g/mol. The van der Waals surface area contributed by atoms with Crippen LogP contribution >= 0.6 is 10.9 Å². The first kappa shape index (κ1) is 15.4. The Bertz CT molecular complexity index is 801. The van der Waals surface area contributed by atoms with Gasteiger partial charge in [0, 0.05) is 18.3 Å². The molecule has 4 nitrogen and oxygen atoms in total. The SMILES string of the molecule is NC1=NC=C[SH]1c1ccc(-c2cc[n+]([O-])cc2)c(C(F)(F)F)c1. The topological polar surface area (TPSA) is 65.3 Å². The van der Waals surface area contributed by atoms with Crippen molar-refractivity contribution in [1.29, 1.82) is 0 Å².